The molecule has 0 atom stereocenters. The van der Waals surface area contributed by atoms with Crippen molar-refractivity contribution in [2.24, 2.45) is 0 Å². The number of benzene rings is 2. The summed E-state index contributed by atoms with van der Waals surface area (Å²) in [5, 5.41) is 0. The van der Waals surface area contributed by atoms with E-state index in [1.807, 2.05) is 26.0 Å². The van der Waals surface area contributed by atoms with Gasteiger partial charge in [-0.05, 0) is 37.1 Å². The van der Waals surface area contributed by atoms with Crippen molar-refractivity contribution >= 4 is 12.2 Å². The number of nitrogens with zero attached hydrogens (tertiary/aromatic N) is 1. The third-order valence-corrected chi connectivity index (χ3v) is 3.60. The van der Waals surface area contributed by atoms with Gasteiger partial charge in [-0.15, -0.1) is 0 Å². The zero-order valence-corrected chi connectivity index (χ0v) is 13.8. The van der Waals surface area contributed by atoms with Crippen LogP contribution in [-0.2, 0) is 0 Å². The van der Waals surface area contributed by atoms with Crippen molar-refractivity contribution in [1.29, 1.82) is 0 Å². The maximum atomic E-state index is 12.5. The number of ether oxygens (including phenoxy) is 2. The predicted molar refractivity (Wildman–Crippen MR) is 91.1 cm³/mol. The fourth-order valence-corrected chi connectivity index (χ4v) is 2.30. The first-order valence-corrected chi connectivity index (χ1v) is 7.98. The Kier molecular flexibility index (Phi) is 6.37. The summed E-state index contributed by atoms with van der Waals surface area (Å²) in [5.41, 5.74) is 0. The topological polar surface area (TPSA) is 55.8 Å². The molecule has 0 spiro atoms. The van der Waals surface area contributed by atoms with Crippen molar-refractivity contribution in [1.82, 2.24) is 4.90 Å². The summed E-state index contributed by atoms with van der Waals surface area (Å²) in [6, 6.07) is 17.0. The molecule has 2 amide bonds. The van der Waals surface area contributed by atoms with E-state index in [4.69, 9.17) is 9.47 Å². The van der Waals surface area contributed by atoms with Gasteiger partial charge in [-0.25, -0.2) is 14.5 Å². The molecule has 0 fully saturated rings. The highest BCUT2D eigenvalue weighted by atomic mass is 16.6. The molecule has 24 heavy (non-hydrogen) atoms. The van der Waals surface area contributed by atoms with Gasteiger partial charge in [0.1, 0.15) is 11.5 Å². The van der Waals surface area contributed by atoms with Gasteiger partial charge in [0.05, 0.1) is 0 Å². The van der Waals surface area contributed by atoms with E-state index in [-0.39, 0.29) is 6.04 Å². The van der Waals surface area contributed by atoms with Gasteiger partial charge in [-0.2, -0.15) is 0 Å². The van der Waals surface area contributed by atoms with Gasteiger partial charge >= 0.3 is 12.2 Å². The first-order chi connectivity index (χ1) is 11.7. The first-order valence-electron chi connectivity index (χ1n) is 7.98. The summed E-state index contributed by atoms with van der Waals surface area (Å²) in [7, 11) is 0. The molecular formula is C19H21NO4. The van der Waals surface area contributed by atoms with E-state index in [2.05, 4.69) is 0 Å². The number of rotatable bonds is 5. The summed E-state index contributed by atoms with van der Waals surface area (Å²) in [4.78, 5) is 26.1. The van der Waals surface area contributed by atoms with Gasteiger partial charge in [0, 0.05) is 6.04 Å². The summed E-state index contributed by atoms with van der Waals surface area (Å²) in [6.45, 7) is 3.82. The largest absolute Gasteiger partial charge is 0.425 e. The van der Waals surface area contributed by atoms with Crippen LogP contribution in [0.15, 0.2) is 60.7 Å². The third kappa shape index (κ3) is 4.59. The molecular weight excluding hydrogens is 306 g/mol. The molecule has 0 heterocycles. The lowest BCUT2D eigenvalue weighted by atomic mass is 10.1. The number of hydrogen-bond acceptors (Lipinski definition) is 4. The molecule has 0 aliphatic heterocycles. The highest BCUT2D eigenvalue weighted by Gasteiger charge is 2.31. The minimum Gasteiger partial charge on any atom is -0.410 e. The first kappa shape index (κ1) is 17.5. The number of amides is 2. The molecule has 2 rings (SSSR count). The van der Waals surface area contributed by atoms with E-state index in [1.165, 1.54) is 0 Å². The van der Waals surface area contributed by atoms with Gasteiger partial charge in [-0.1, -0.05) is 50.2 Å². The van der Waals surface area contributed by atoms with Crippen molar-refractivity contribution < 1.29 is 19.1 Å². The van der Waals surface area contributed by atoms with Crippen LogP contribution in [0.25, 0.3) is 0 Å². The van der Waals surface area contributed by atoms with Crippen LogP contribution in [0, 0.1) is 0 Å². The van der Waals surface area contributed by atoms with Crippen LogP contribution in [0.1, 0.15) is 26.7 Å². The van der Waals surface area contributed by atoms with Gasteiger partial charge in [0.2, 0.25) is 0 Å². The van der Waals surface area contributed by atoms with Gasteiger partial charge in [0.25, 0.3) is 0 Å². The summed E-state index contributed by atoms with van der Waals surface area (Å²) in [5.74, 6) is 0.761. The molecule has 0 unspecified atom stereocenters. The van der Waals surface area contributed by atoms with Crippen molar-refractivity contribution in [3.05, 3.63) is 60.7 Å². The number of para-hydroxylation sites is 2. The average Bonchev–Trinajstić information content (AvgIpc) is 2.61. The van der Waals surface area contributed by atoms with Crippen LogP contribution < -0.4 is 9.47 Å². The van der Waals surface area contributed by atoms with E-state index in [0.717, 1.165) is 4.90 Å². The second-order valence-corrected chi connectivity index (χ2v) is 5.20. The van der Waals surface area contributed by atoms with Crippen molar-refractivity contribution in [3.8, 4) is 11.5 Å². The molecule has 0 saturated heterocycles. The maximum Gasteiger partial charge on any atom is 0.425 e. The molecule has 0 saturated carbocycles. The minimum absolute atomic E-state index is 0.294. The number of carbonyl (C=O) groups excluding carboxylic acids is 2. The number of imide groups is 1. The summed E-state index contributed by atoms with van der Waals surface area (Å²) < 4.78 is 10.6. The Morgan fingerprint density at radius 3 is 1.50 bits per heavy atom. The molecule has 0 bridgehead atoms. The third-order valence-electron chi connectivity index (χ3n) is 3.60. The molecule has 0 N–H and O–H groups in total. The van der Waals surface area contributed by atoms with E-state index >= 15 is 0 Å². The highest BCUT2D eigenvalue weighted by molar-refractivity contribution is 5.90. The van der Waals surface area contributed by atoms with Crippen LogP contribution in [0.4, 0.5) is 9.59 Å². The quantitative estimate of drug-likeness (QED) is 0.786. The minimum atomic E-state index is -0.740. The van der Waals surface area contributed by atoms with Crippen LogP contribution in [0.5, 0.6) is 11.5 Å². The van der Waals surface area contributed by atoms with E-state index in [0.29, 0.717) is 24.3 Å². The normalized spacial score (nSPS) is 10.3. The maximum absolute atomic E-state index is 12.5. The van der Waals surface area contributed by atoms with Crippen LogP contribution in [0.2, 0.25) is 0 Å². The molecule has 2 aromatic carbocycles. The zero-order chi connectivity index (χ0) is 17.4. The molecule has 2 aromatic rings. The van der Waals surface area contributed by atoms with Crippen molar-refractivity contribution in [3.63, 3.8) is 0 Å². The Labute approximate surface area is 141 Å². The van der Waals surface area contributed by atoms with Crippen molar-refractivity contribution in [2.45, 2.75) is 32.7 Å². The second-order valence-electron chi connectivity index (χ2n) is 5.20. The SMILES string of the molecule is CCC(CC)N(C(=O)Oc1ccccc1)C(=O)Oc1ccccc1. The second kappa shape index (κ2) is 8.72. The monoisotopic (exact) mass is 327 g/mol. The van der Waals surface area contributed by atoms with Crippen LogP contribution >= 0.6 is 0 Å². The predicted octanol–water partition coefficient (Wildman–Crippen LogP) is 4.88. The van der Waals surface area contributed by atoms with Gasteiger partial charge < -0.3 is 9.47 Å². The Bertz CT molecular complexity index is 600. The zero-order valence-electron chi connectivity index (χ0n) is 13.8. The molecule has 0 radical (unpaired) electrons. The molecule has 0 aliphatic rings. The molecule has 5 heteroatoms. The lowest BCUT2D eigenvalue weighted by Gasteiger charge is -2.26. The van der Waals surface area contributed by atoms with Crippen molar-refractivity contribution in [2.75, 3.05) is 0 Å². The smallest absolute Gasteiger partial charge is 0.410 e. The molecule has 5 nitrogen and oxygen atoms in total. The molecule has 126 valence electrons. The Morgan fingerprint density at radius 2 is 1.17 bits per heavy atom. The van der Waals surface area contributed by atoms with E-state index in [1.54, 1.807) is 48.5 Å². The Morgan fingerprint density at radius 1 is 0.792 bits per heavy atom. The van der Waals surface area contributed by atoms with Gasteiger partial charge in [0.15, 0.2) is 0 Å². The molecule has 0 aliphatic carbocycles. The fraction of sp³-hybridized carbons (Fsp3) is 0.263. The lowest BCUT2D eigenvalue weighted by molar-refractivity contribution is 0.112. The summed E-state index contributed by atoms with van der Waals surface area (Å²) >= 11 is 0. The number of carbonyl (C=O) groups is 2. The molecule has 0 aromatic heterocycles. The fourth-order valence-electron chi connectivity index (χ4n) is 2.30. The van der Waals surface area contributed by atoms with Gasteiger partial charge in [-0.3, -0.25) is 0 Å². The standard InChI is InChI=1S/C19H21NO4/c1-3-15(4-2)20(18(21)23-16-11-7-5-8-12-16)19(22)24-17-13-9-6-10-14-17/h5-15H,3-4H2,1-2H3. The van der Waals surface area contributed by atoms with Crippen LogP contribution in [-0.4, -0.2) is 23.1 Å². The average molecular weight is 327 g/mol. The summed E-state index contributed by atoms with van der Waals surface area (Å²) in [6.07, 6.45) is -0.249. The van der Waals surface area contributed by atoms with E-state index in [9.17, 15) is 9.59 Å². The highest BCUT2D eigenvalue weighted by Crippen LogP contribution is 2.18. The Hall–Kier alpha value is -2.82. The number of hydrogen-bond donors (Lipinski definition) is 0. The van der Waals surface area contributed by atoms with Crippen LogP contribution in [0.3, 0.4) is 0 Å². The van der Waals surface area contributed by atoms with E-state index < -0.39 is 12.2 Å². The Balaban J connectivity index is 2.17. The lowest BCUT2D eigenvalue weighted by Crippen LogP contribution is -2.47.